The minimum atomic E-state index is -1.08. The number of rotatable bonds is 7. The second kappa shape index (κ2) is 11.8. The molecule has 1 saturated carbocycles. The molecule has 0 bridgehead atoms. The molecule has 0 radical (unpaired) electrons. The molecule has 36 heavy (non-hydrogen) atoms. The Bertz CT molecular complexity index is 1130. The number of nitrogens with one attached hydrogen (secondary N) is 4. The van der Waals surface area contributed by atoms with E-state index in [1.54, 1.807) is 0 Å². The van der Waals surface area contributed by atoms with E-state index in [0.717, 1.165) is 55.8 Å². The lowest BCUT2D eigenvalue weighted by molar-refractivity contribution is -0.136. The van der Waals surface area contributed by atoms with Crippen LogP contribution in [0.25, 0.3) is 0 Å². The number of carbonyl (C=O) groups is 4. The fraction of sp³-hybridized carbons (Fsp3) is 0.478. The molecule has 2 aliphatic rings. The summed E-state index contributed by atoms with van der Waals surface area (Å²) < 4.78 is 0. The van der Waals surface area contributed by atoms with Gasteiger partial charge in [0.1, 0.15) is 11.9 Å². The van der Waals surface area contributed by atoms with Crippen LogP contribution < -0.4 is 21.3 Å². The quantitative estimate of drug-likeness (QED) is 0.390. The van der Waals surface area contributed by atoms with E-state index < -0.39 is 29.7 Å². The monoisotopic (exact) mass is 533 g/mol. The van der Waals surface area contributed by atoms with Gasteiger partial charge in [-0.2, -0.15) is 0 Å². The van der Waals surface area contributed by atoms with Crippen molar-refractivity contribution in [3.63, 3.8) is 0 Å². The standard InChI is InChI=1S/C23H28ClN7O4S/c1-31-9-8-15-17(12-31)36-23(29-15)22(35)28-16(19(32)27-14-4-2-3-5-14)11-26-20(33)21(34)30-18-7-6-13(24)10-25-18/h6-7,10,14,16H,2-5,8-9,11-12H2,1H3,(H,26,33)(H,27,32)(H,28,35)(H,25,30,34). The molecule has 2 aromatic heterocycles. The molecule has 0 saturated heterocycles. The third kappa shape index (κ3) is 6.77. The fourth-order valence-corrected chi connectivity index (χ4v) is 5.32. The Balaban J connectivity index is 1.39. The summed E-state index contributed by atoms with van der Waals surface area (Å²) in [6, 6.07) is 1.92. The maximum absolute atomic E-state index is 13.0. The average molecular weight is 534 g/mol. The van der Waals surface area contributed by atoms with Crippen molar-refractivity contribution >= 4 is 52.4 Å². The topological polar surface area (TPSA) is 145 Å². The fourth-order valence-electron chi connectivity index (χ4n) is 4.12. The summed E-state index contributed by atoms with van der Waals surface area (Å²) in [5, 5.41) is 11.1. The van der Waals surface area contributed by atoms with Crippen LogP contribution in [0.15, 0.2) is 18.3 Å². The van der Waals surface area contributed by atoms with Gasteiger partial charge in [-0.25, -0.2) is 9.97 Å². The molecule has 3 heterocycles. The van der Waals surface area contributed by atoms with E-state index in [1.807, 2.05) is 7.05 Å². The lowest BCUT2D eigenvalue weighted by Gasteiger charge is -2.21. The highest BCUT2D eigenvalue weighted by Crippen LogP contribution is 2.24. The van der Waals surface area contributed by atoms with Gasteiger partial charge in [0.15, 0.2) is 5.01 Å². The molecule has 1 atom stereocenters. The van der Waals surface area contributed by atoms with Crippen LogP contribution in [-0.4, -0.2) is 70.7 Å². The summed E-state index contributed by atoms with van der Waals surface area (Å²) in [5.74, 6) is -2.68. The lowest BCUT2D eigenvalue weighted by Crippen LogP contribution is -2.55. The molecule has 192 valence electrons. The van der Waals surface area contributed by atoms with Crippen molar-refractivity contribution in [2.24, 2.45) is 0 Å². The predicted molar refractivity (Wildman–Crippen MR) is 135 cm³/mol. The number of nitrogens with zero attached hydrogens (tertiary/aromatic N) is 3. The SMILES string of the molecule is CN1CCc2nc(C(=O)NC(CNC(=O)C(=O)Nc3ccc(Cl)cn3)C(=O)NC3CCCC3)sc2C1. The number of hydrogen-bond donors (Lipinski definition) is 4. The van der Waals surface area contributed by atoms with Gasteiger partial charge in [0.25, 0.3) is 5.91 Å². The zero-order valence-corrected chi connectivity index (χ0v) is 21.4. The van der Waals surface area contributed by atoms with Crippen molar-refractivity contribution in [1.82, 2.24) is 30.8 Å². The maximum atomic E-state index is 13.0. The number of thiazole rings is 1. The molecule has 2 aromatic rings. The Morgan fingerprint density at radius 1 is 1.19 bits per heavy atom. The van der Waals surface area contributed by atoms with E-state index >= 15 is 0 Å². The molecule has 1 unspecified atom stereocenters. The van der Waals surface area contributed by atoms with E-state index in [9.17, 15) is 19.2 Å². The highest BCUT2D eigenvalue weighted by molar-refractivity contribution is 7.13. The molecular formula is C23H28ClN7O4S. The highest BCUT2D eigenvalue weighted by Gasteiger charge is 2.29. The molecule has 1 fully saturated rings. The van der Waals surface area contributed by atoms with Gasteiger partial charge < -0.3 is 26.2 Å². The number of hydrogen-bond acceptors (Lipinski definition) is 8. The van der Waals surface area contributed by atoms with E-state index in [1.165, 1.54) is 29.7 Å². The van der Waals surface area contributed by atoms with Crippen molar-refractivity contribution in [3.05, 3.63) is 38.9 Å². The average Bonchev–Trinajstić information content (AvgIpc) is 3.52. The minimum absolute atomic E-state index is 0.0228. The molecule has 1 aliphatic heterocycles. The number of amides is 4. The second-order valence-electron chi connectivity index (χ2n) is 8.92. The largest absolute Gasteiger partial charge is 0.352 e. The van der Waals surface area contributed by atoms with Gasteiger partial charge in [-0.05, 0) is 32.0 Å². The van der Waals surface area contributed by atoms with Crippen LogP contribution in [0, 0.1) is 0 Å². The van der Waals surface area contributed by atoms with Crippen molar-refractivity contribution in [2.75, 3.05) is 25.5 Å². The number of halogens is 1. The number of pyridine rings is 1. The second-order valence-corrected chi connectivity index (χ2v) is 10.4. The predicted octanol–water partition coefficient (Wildman–Crippen LogP) is 1.09. The first-order valence-corrected chi connectivity index (χ1v) is 13.0. The maximum Gasteiger partial charge on any atom is 0.314 e. The Morgan fingerprint density at radius 2 is 1.97 bits per heavy atom. The van der Waals surface area contributed by atoms with E-state index in [-0.39, 0.29) is 23.4 Å². The van der Waals surface area contributed by atoms with Crippen LogP contribution in [0.5, 0.6) is 0 Å². The van der Waals surface area contributed by atoms with Gasteiger partial charge in [0.2, 0.25) is 5.91 Å². The molecule has 1 aliphatic carbocycles. The number of carbonyl (C=O) groups excluding carboxylic acids is 4. The molecule has 4 N–H and O–H groups in total. The van der Waals surface area contributed by atoms with Gasteiger partial charge in [0, 0.05) is 43.2 Å². The molecular weight excluding hydrogens is 506 g/mol. The number of anilines is 1. The van der Waals surface area contributed by atoms with Crippen LogP contribution in [0.3, 0.4) is 0 Å². The third-order valence-electron chi connectivity index (χ3n) is 6.08. The lowest BCUT2D eigenvalue weighted by atomic mass is 10.2. The summed E-state index contributed by atoms with van der Waals surface area (Å²) in [5.41, 5.74) is 0.899. The summed E-state index contributed by atoms with van der Waals surface area (Å²) in [6.07, 6.45) is 5.87. The van der Waals surface area contributed by atoms with Crippen LogP contribution in [0.2, 0.25) is 5.02 Å². The van der Waals surface area contributed by atoms with Gasteiger partial charge in [-0.3, -0.25) is 19.2 Å². The molecule has 4 rings (SSSR count). The molecule has 0 aromatic carbocycles. The highest BCUT2D eigenvalue weighted by atomic mass is 35.5. The Hall–Kier alpha value is -3.09. The van der Waals surface area contributed by atoms with Gasteiger partial charge in [-0.15, -0.1) is 11.3 Å². The first kappa shape index (κ1) is 26.0. The normalized spacial score (nSPS) is 16.6. The Morgan fingerprint density at radius 3 is 2.69 bits per heavy atom. The van der Waals surface area contributed by atoms with Crippen molar-refractivity contribution < 1.29 is 19.2 Å². The zero-order chi connectivity index (χ0) is 25.7. The van der Waals surface area contributed by atoms with Crippen molar-refractivity contribution in [2.45, 2.75) is 50.7 Å². The van der Waals surface area contributed by atoms with Crippen LogP contribution in [0.4, 0.5) is 5.82 Å². The third-order valence-corrected chi connectivity index (χ3v) is 7.39. The van der Waals surface area contributed by atoms with Crippen molar-refractivity contribution in [1.29, 1.82) is 0 Å². The zero-order valence-electron chi connectivity index (χ0n) is 19.8. The van der Waals surface area contributed by atoms with Crippen LogP contribution >= 0.6 is 22.9 Å². The first-order chi connectivity index (χ1) is 17.3. The Kier molecular flexibility index (Phi) is 8.49. The summed E-state index contributed by atoms with van der Waals surface area (Å²) in [7, 11) is 2.01. The summed E-state index contributed by atoms with van der Waals surface area (Å²) >= 11 is 7.08. The van der Waals surface area contributed by atoms with Crippen molar-refractivity contribution in [3.8, 4) is 0 Å². The minimum Gasteiger partial charge on any atom is -0.352 e. The van der Waals surface area contributed by atoms with E-state index in [4.69, 9.17) is 11.6 Å². The smallest absolute Gasteiger partial charge is 0.314 e. The van der Waals surface area contributed by atoms with Gasteiger partial charge in [-0.1, -0.05) is 24.4 Å². The summed E-state index contributed by atoms with van der Waals surface area (Å²) in [4.78, 5) is 62.1. The number of aromatic nitrogens is 2. The van der Waals surface area contributed by atoms with Crippen LogP contribution in [0.1, 0.15) is 46.1 Å². The first-order valence-electron chi connectivity index (χ1n) is 11.8. The Labute approximate surface area is 217 Å². The number of fused-ring (bicyclic) bond motifs is 1. The van der Waals surface area contributed by atoms with E-state index in [0.29, 0.717) is 5.02 Å². The summed E-state index contributed by atoms with van der Waals surface area (Å²) in [6.45, 7) is 1.32. The molecule has 11 nitrogen and oxygen atoms in total. The van der Waals surface area contributed by atoms with Gasteiger partial charge >= 0.3 is 11.8 Å². The van der Waals surface area contributed by atoms with Gasteiger partial charge in [0.05, 0.1) is 10.7 Å². The molecule has 4 amide bonds. The molecule has 13 heteroatoms. The van der Waals surface area contributed by atoms with E-state index in [2.05, 4.69) is 36.1 Å². The number of likely N-dealkylation sites (N-methyl/N-ethyl adjacent to an activating group) is 1. The molecule has 0 spiro atoms. The van der Waals surface area contributed by atoms with Crippen LogP contribution in [-0.2, 0) is 27.3 Å².